The summed E-state index contributed by atoms with van der Waals surface area (Å²) in [5, 5.41) is 8.70. The van der Waals surface area contributed by atoms with Gasteiger partial charge in [0.05, 0.1) is 0 Å². The fourth-order valence-electron chi connectivity index (χ4n) is 2.39. The summed E-state index contributed by atoms with van der Waals surface area (Å²) in [5.41, 5.74) is 0.0777. The topological polar surface area (TPSA) is 78.4 Å². The highest BCUT2D eigenvalue weighted by Gasteiger charge is 2.35. The number of hydrogen-bond donors (Lipinski definition) is 2. The molecule has 1 amide bonds. The Morgan fingerprint density at radius 1 is 1.10 bits per heavy atom. The number of nitrogens with zero attached hydrogens (tertiary/aromatic N) is 3. The molecule has 1 atom stereocenters. The highest BCUT2D eigenvalue weighted by atomic mass is 19.4. The number of aliphatic hydroxyl groups is 1. The van der Waals surface area contributed by atoms with Crippen molar-refractivity contribution in [2.75, 3.05) is 18.4 Å². The van der Waals surface area contributed by atoms with Gasteiger partial charge < -0.3 is 15.3 Å². The lowest BCUT2D eigenvalue weighted by molar-refractivity contribution is -0.295. The van der Waals surface area contributed by atoms with Gasteiger partial charge in [0.15, 0.2) is 17.7 Å². The summed E-state index contributed by atoms with van der Waals surface area (Å²) in [6.07, 6.45) is -6.30. The van der Waals surface area contributed by atoms with Crippen LogP contribution in [0.25, 0.3) is 11.3 Å². The highest BCUT2D eigenvalue weighted by molar-refractivity contribution is 5.85. The first-order chi connectivity index (χ1) is 14.0. The third kappa shape index (κ3) is 6.54. The van der Waals surface area contributed by atoms with E-state index in [1.807, 2.05) is 0 Å². The third-order valence-electron chi connectivity index (χ3n) is 3.89. The molecule has 30 heavy (non-hydrogen) atoms. The molecular formula is C17H15F7N4O2. The van der Waals surface area contributed by atoms with Crippen LogP contribution in [0, 0.1) is 11.6 Å². The van der Waals surface area contributed by atoms with Crippen LogP contribution in [0.2, 0.25) is 0 Å². The highest BCUT2D eigenvalue weighted by Crippen LogP contribution is 2.25. The fraction of sp³-hybridized carbons (Fsp3) is 0.353. The van der Waals surface area contributed by atoms with E-state index in [1.165, 1.54) is 17.0 Å². The van der Waals surface area contributed by atoms with E-state index in [0.717, 1.165) is 24.9 Å². The molecule has 1 aromatic carbocycles. The summed E-state index contributed by atoms with van der Waals surface area (Å²) < 4.78 is 83.8. The Morgan fingerprint density at radius 2 is 1.67 bits per heavy atom. The van der Waals surface area contributed by atoms with E-state index in [9.17, 15) is 35.5 Å². The van der Waals surface area contributed by atoms with Gasteiger partial charge in [-0.25, -0.2) is 27.5 Å². The Bertz CT molecular complexity index is 852. The van der Waals surface area contributed by atoms with Crippen molar-refractivity contribution in [3.8, 4) is 11.3 Å². The summed E-state index contributed by atoms with van der Waals surface area (Å²) in [6.45, 7) is 0.799. The van der Waals surface area contributed by atoms with Crippen molar-refractivity contribution in [1.29, 1.82) is 0 Å². The molecule has 164 valence electrons. The Hall–Kier alpha value is -2.96. The SMILES string of the molecule is O=C(C(Nc1ncnc(-c2ccc(F)cc2)c1F)C(F)F)N1CCC1.OC(F)(F)F. The van der Waals surface area contributed by atoms with E-state index >= 15 is 0 Å². The molecular weight excluding hydrogens is 425 g/mol. The molecule has 3 rings (SSSR count). The number of hydrogen-bond acceptors (Lipinski definition) is 5. The number of rotatable bonds is 5. The molecule has 6 nitrogen and oxygen atoms in total. The predicted octanol–water partition coefficient (Wildman–Crippen LogP) is 3.20. The van der Waals surface area contributed by atoms with Crippen LogP contribution in [0.3, 0.4) is 0 Å². The van der Waals surface area contributed by atoms with Crippen LogP contribution >= 0.6 is 0 Å². The zero-order chi connectivity index (χ0) is 22.5. The third-order valence-corrected chi connectivity index (χ3v) is 3.89. The van der Waals surface area contributed by atoms with Gasteiger partial charge in [0.2, 0.25) is 0 Å². The number of amides is 1. The number of halogens is 7. The van der Waals surface area contributed by atoms with Crippen LogP contribution < -0.4 is 5.32 Å². The second-order valence-corrected chi connectivity index (χ2v) is 5.99. The lowest BCUT2D eigenvalue weighted by atomic mass is 10.1. The van der Waals surface area contributed by atoms with Gasteiger partial charge in [-0.15, -0.1) is 13.2 Å². The van der Waals surface area contributed by atoms with Crippen molar-refractivity contribution in [3.63, 3.8) is 0 Å². The van der Waals surface area contributed by atoms with Gasteiger partial charge in [-0.05, 0) is 30.7 Å². The second kappa shape index (κ2) is 9.69. The molecule has 0 radical (unpaired) electrons. The maximum absolute atomic E-state index is 14.6. The Balaban J connectivity index is 0.000000575. The standard InChI is InChI=1S/C16H14F4N4O.CHF3O/c17-10-4-2-9(3-5-10)12-11(18)15(22-8-21-12)23-13(14(19)20)16(25)24-6-1-7-24;2-1(3,4)5/h2-5,8,13-14H,1,6-7H2,(H,21,22,23);5H. The number of carbonyl (C=O) groups excluding carboxylic acids is 1. The summed E-state index contributed by atoms with van der Waals surface area (Å²) >= 11 is 0. The molecule has 1 aliphatic rings. The fourth-order valence-corrected chi connectivity index (χ4v) is 2.39. The Labute approximate surface area is 165 Å². The van der Waals surface area contributed by atoms with Crippen LogP contribution in [-0.2, 0) is 4.79 Å². The van der Waals surface area contributed by atoms with Crippen LogP contribution in [-0.4, -0.2) is 57.8 Å². The van der Waals surface area contributed by atoms with Crippen LogP contribution in [0.1, 0.15) is 6.42 Å². The first-order valence-corrected chi connectivity index (χ1v) is 8.36. The Kier molecular flexibility index (Phi) is 7.54. The summed E-state index contributed by atoms with van der Waals surface area (Å²) in [7, 11) is 0. The van der Waals surface area contributed by atoms with Gasteiger partial charge in [-0.2, -0.15) is 0 Å². The molecule has 0 saturated carbocycles. The van der Waals surface area contributed by atoms with Gasteiger partial charge in [0.25, 0.3) is 12.3 Å². The number of alkyl halides is 5. The number of nitrogens with one attached hydrogen (secondary N) is 1. The van der Waals surface area contributed by atoms with Crippen LogP contribution in [0.4, 0.5) is 36.6 Å². The van der Waals surface area contributed by atoms with Crippen molar-refractivity contribution in [1.82, 2.24) is 14.9 Å². The zero-order valence-electron chi connectivity index (χ0n) is 15.0. The molecule has 1 aliphatic heterocycles. The summed E-state index contributed by atoms with van der Waals surface area (Å²) in [4.78, 5) is 20.7. The molecule has 0 bridgehead atoms. The normalized spacial score (nSPS) is 14.5. The van der Waals surface area contributed by atoms with E-state index < -0.39 is 42.2 Å². The van der Waals surface area contributed by atoms with E-state index in [0.29, 0.717) is 13.1 Å². The van der Waals surface area contributed by atoms with Crippen molar-refractivity contribution < 1.29 is 40.6 Å². The smallest absolute Gasteiger partial charge is 0.351 e. The minimum absolute atomic E-state index is 0.179. The van der Waals surface area contributed by atoms with Crippen molar-refractivity contribution in [3.05, 3.63) is 42.2 Å². The molecule has 2 heterocycles. The Morgan fingerprint density at radius 3 is 2.13 bits per heavy atom. The van der Waals surface area contributed by atoms with E-state index in [1.54, 1.807) is 0 Å². The average molecular weight is 440 g/mol. The molecule has 1 unspecified atom stereocenters. The first kappa shape index (κ1) is 23.3. The monoisotopic (exact) mass is 440 g/mol. The summed E-state index contributed by atoms with van der Waals surface area (Å²) in [5.74, 6) is -2.80. The minimum Gasteiger partial charge on any atom is -0.351 e. The van der Waals surface area contributed by atoms with Crippen molar-refractivity contribution in [2.24, 2.45) is 0 Å². The zero-order valence-corrected chi connectivity index (χ0v) is 15.0. The quantitative estimate of drug-likeness (QED) is 0.699. The lowest BCUT2D eigenvalue weighted by Gasteiger charge is -2.34. The molecule has 1 saturated heterocycles. The van der Waals surface area contributed by atoms with Gasteiger partial charge in [-0.3, -0.25) is 4.79 Å². The van der Waals surface area contributed by atoms with Crippen LogP contribution in [0.15, 0.2) is 30.6 Å². The number of anilines is 1. The number of likely N-dealkylation sites (tertiary alicyclic amines) is 1. The van der Waals surface area contributed by atoms with E-state index in [-0.39, 0.29) is 11.3 Å². The molecule has 13 heteroatoms. The maximum atomic E-state index is 14.6. The van der Waals surface area contributed by atoms with Crippen LogP contribution in [0.5, 0.6) is 0 Å². The van der Waals surface area contributed by atoms with Crippen molar-refractivity contribution >= 4 is 11.7 Å². The van der Waals surface area contributed by atoms with Crippen molar-refractivity contribution in [2.45, 2.75) is 25.3 Å². The number of carbonyl (C=O) groups is 1. The predicted molar refractivity (Wildman–Crippen MR) is 90.3 cm³/mol. The molecule has 1 fully saturated rings. The number of benzene rings is 1. The molecule has 1 aromatic heterocycles. The maximum Gasteiger partial charge on any atom is 0.519 e. The average Bonchev–Trinajstić information content (AvgIpc) is 2.58. The van der Waals surface area contributed by atoms with Gasteiger partial charge in [0.1, 0.15) is 17.8 Å². The molecule has 0 spiro atoms. The van der Waals surface area contributed by atoms with Gasteiger partial charge in [0, 0.05) is 18.7 Å². The van der Waals surface area contributed by atoms with E-state index in [2.05, 4.69) is 15.3 Å². The first-order valence-electron chi connectivity index (χ1n) is 8.36. The van der Waals surface area contributed by atoms with Gasteiger partial charge in [-0.1, -0.05) is 0 Å². The summed E-state index contributed by atoms with van der Waals surface area (Å²) in [6, 6.07) is 2.96. The second-order valence-electron chi connectivity index (χ2n) is 5.99. The lowest BCUT2D eigenvalue weighted by Crippen LogP contribution is -2.52. The molecule has 2 N–H and O–H groups in total. The molecule has 0 aliphatic carbocycles. The molecule has 2 aromatic rings. The largest absolute Gasteiger partial charge is 0.519 e. The minimum atomic E-state index is -5.00. The number of aromatic nitrogens is 2. The van der Waals surface area contributed by atoms with Gasteiger partial charge >= 0.3 is 6.36 Å². The van der Waals surface area contributed by atoms with E-state index in [4.69, 9.17) is 5.11 Å².